The lowest BCUT2D eigenvalue weighted by molar-refractivity contribution is 0.418. The molecule has 408 valence electrons. The second-order valence-corrected chi connectivity index (χ2v) is 19.4. The fourth-order valence-electron chi connectivity index (χ4n) is 9.62. The monoisotopic (exact) mass is 1090 g/mol. The van der Waals surface area contributed by atoms with E-state index < -0.39 is 0 Å². The quantitative estimate of drug-likeness (QED) is 0.0631. The van der Waals surface area contributed by atoms with Gasteiger partial charge in [0, 0.05) is 60.4 Å². The largest absolute Gasteiger partial charge is 0.494 e. The number of fused-ring (bicyclic) bond motifs is 2. The third kappa shape index (κ3) is 11.8. The topological polar surface area (TPSA) is 276 Å². The number of nitrogens with one attached hydrogen (secondary N) is 5. The molecule has 0 aliphatic carbocycles. The highest BCUT2D eigenvalue weighted by Crippen LogP contribution is 2.39. The molecular weight excluding hydrogens is 1030 g/mol. The predicted molar refractivity (Wildman–Crippen MR) is 309 cm³/mol. The summed E-state index contributed by atoms with van der Waals surface area (Å²) in [6.07, 6.45) is 14.7. The lowest BCUT2D eigenvalue weighted by Gasteiger charge is -2.28. The summed E-state index contributed by atoms with van der Waals surface area (Å²) in [6, 6.07) is 22.5. The molecule has 10 aromatic rings. The van der Waals surface area contributed by atoms with Crippen molar-refractivity contribution < 1.29 is 9.47 Å². The van der Waals surface area contributed by atoms with Crippen molar-refractivity contribution in [3.05, 3.63) is 124 Å². The van der Waals surface area contributed by atoms with Crippen LogP contribution in [0.1, 0.15) is 38.5 Å². The number of aryl methyl sites for hydroxylation is 4. The van der Waals surface area contributed by atoms with Gasteiger partial charge in [-0.15, -0.1) is 0 Å². The molecule has 0 spiro atoms. The molecule has 0 radical (unpaired) electrons. The Balaban J connectivity index is 0.000000151. The molecule has 0 atom stereocenters. The van der Waals surface area contributed by atoms with Gasteiger partial charge in [-0.2, -0.15) is 10.2 Å². The number of piperidine rings is 2. The van der Waals surface area contributed by atoms with E-state index >= 15 is 0 Å². The van der Waals surface area contributed by atoms with Crippen LogP contribution in [-0.2, 0) is 28.2 Å². The molecule has 79 heavy (non-hydrogen) atoms. The Morgan fingerprint density at radius 3 is 1.51 bits per heavy atom. The Kier molecular flexibility index (Phi) is 15.7. The summed E-state index contributed by atoms with van der Waals surface area (Å²) in [4.78, 5) is 56.3. The third-order valence-corrected chi connectivity index (χ3v) is 13.7. The standard InChI is InChI=1S/C27H30N10O2.C17H16ClN7O2.C10H15N3/c1-35-16-29-25(33-35)18-8-7-9-19(24(18)39-3)30-20-14-22(32-26-23(20)27(38)36(2)34-26)31-21-11-10-17(15-28-21)37-12-5-4-6-13-37;1-24-8-19-15(22-24)9-5-4-6-10(14(9)27-3)20-11-7-12(18)21-16-13(11)17(26)25(2)23-16;11-10-5-4-9(8-12-10)13-6-2-1-3-7-13/h7-11,14-16H,4-6,12-13H2,1-3H3,(H3,28,30,31,32,34);4-8H,1-3H3,(H2,20,21,23);4-5,8H,1-3,6-7H2,(H2,11,12). The lowest BCUT2D eigenvalue weighted by Crippen LogP contribution is -2.29. The molecule has 8 aromatic heterocycles. The number of anilines is 9. The van der Waals surface area contributed by atoms with E-state index in [0.29, 0.717) is 85.4 Å². The number of hydrogen-bond acceptors (Lipinski definition) is 18. The molecule has 7 N–H and O–H groups in total. The maximum Gasteiger partial charge on any atom is 0.277 e. The van der Waals surface area contributed by atoms with Crippen molar-refractivity contribution in [1.82, 2.24) is 69.0 Å². The Hall–Kier alpha value is -9.45. The van der Waals surface area contributed by atoms with Crippen molar-refractivity contribution in [2.24, 2.45) is 28.2 Å². The molecule has 10 heterocycles. The first-order valence-electron chi connectivity index (χ1n) is 25.7. The Labute approximate surface area is 458 Å². The number of H-pyrrole nitrogens is 2. The van der Waals surface area contributed by atoms with Gasteiger partial charge in [0.1, 0.15) is 46.0 Å². The molecule has 0 unspecified atom stereocenters. The van der Waals surface area contributed by atoms with Gasteiger partial charge in [-0.3, -0.25) is 38.5 Å². The van der Waals surface area contributed by atoms with Gasteiger partial charge >= 0.3 is 0 Å². The smallest absolute Gasteiger partial charge is 0.277 e. The third-order valence-electron chi connectivity index (χ3n) is 13.5. The molecule has 0 amide bonds. The molecule has 12 rings (SSSR count). The second-order valence-electron chi connectivity index (χ2n) is 19.0. The van der Waals surface area contributed by atoms with Crippen molar-refractivity contribution in [2.45, 2.75) is 38.5 Å². The van der Waals surface area contributed by atoms with Crippen LogP contribution in [-0.4, -0.2) is 109 Å². The van der Waals surface area contributed by atoms with E-state index in [9.17, 15) is 9.59 Å². The van der Waals surface area contributed by atoms with E-state index in [1.54, 1.807) is 69.5 Å². The van der Waals surface area contributed by atoms with Crippen LogP contribution in [0.3, 0.4) is 0 Å². The first-order valence-corrected chi connectivity index (χ1v) is 26.1. The van der Waals surface area contributed by atoms with Gasteiger partial charge < -0.3 is 41.0 Å². The molecule has 2 fully saturated rings. The average molecular weight is 1090 g/mol. The van der Waals surface area contributed by atoms with E-state index in [1.165, 1.54) is 53.6 Å². The van der Waals surface area contributed by atoms with Crippen LogP contribution in [0.4, 0.5) is 51.6 Å². The summed E-state index contributed by atoms with van der Waals surface area (Å²) in [7, 11) is 10.0. The van der Waals surface area contributed by atoms with Gasteiger partial charge in [0.15, 0.2) is 34.4 Å². The summed E-state index contributed by atoms with van der Waals surface area (Å²) in [5.41, 5.74) is 12.1. The van der Waals surface area contributed by atoms with E-state index in [4.69, 9.17) is 26.8 Å². The van der Waals surface area contributed by atoms with E-state index in [-0.39, 0.29) is 16.3 Å². The van der Waals surface area contributed by atoms with E-state index in [1.807, 2.05) is 74.0 Å². The zero-order chi connectivity index (χ0) is 55.2. The average Bonchev–Trinajstić information content (AvgIpc) is 4.36. The lowest BCUT2D eigenvalue weighted by atomic mass is 10.1. The second kappa shape index (κ2) is 23.4. The number of methoxy groups -OCH3 is 2. The molecule has 25 heteroatoms. The molecule has 24 nitrogen and oxygen atoms in total. The minimum absolute atomic E-state index is 0.197. The first-order chi connectivity index (χ1) is 38.3. The van der Waals surface area contributed by atoms with Crippen LogP contribution >= 0.6 is 11.6 Å². The van der Waals surface area contributed by atoms with Crippen LogP contribution in [0.2, 0.25) is 5.15 Å². The number of nitrogens with zero attached hydrogens (tertiary/aromatic N) is 14. The van der Waals surface area contributed by atoms with E-state index in [0.717, 1.165) is 43.0 Å². The minimum Gasteiger partial charge on any atom is -0.494 e. The highest BCUT2D eigenvalue weighted by Gasteiger charge is 2.21. The number of pyridine rings is 4. The Morgan fingerprint density at radius 2 is 1.05 bits per heavy atom. The highest BCUT2D eigenvalue weighted by atomic mass is 35.5. The summed E-state index contributed by atoms with van der Waals surface area (Å²) in [5, 5.41) is 25.6. The number of nitrogens with two attached hydrogens (primary N) is 1. The van der Waals surface area contributed by atoms with Gasteiger partial charge in [0.25, 0.3) is 11.1 Å². The minimum atomic E-state index is -0.210. The van der Waals surface area contributed by atoms with Gasteiger partial charge in [0.05, 0.1) is 71.9 Å². The Morgan fingerprint density at radius 1 is 0.557 bits per heavy atom. The summed E-state index contributed by atoms with van der Waals surface area (Å²) in [6.45, 7) is 4.44. The number of halogens is 1. The van der Waals surface area contributed by atoms with Crippen molar-refractivity contribution in [3.63, 3.8) is 0 Å². The number of rotatable bonds is 12. The number of ether oxygens (including phenoxy) is 2. The number of aromatic nitrogens is 14. The van der Waals surface area contributed by atoms with Gasteiger partial charge in [-0.25, -0.2) is 29.9 Å². The van der Waals surface area contributed by atoms with Crippen LogP contribution in [0.15, 0.2) is 107 Å². The van der Waals surface area contributed by atoms with Gasteiger partial charge in [-0.05, 0) is 93.1 Å². The van der Waals surface area contributed by atoms with E-state index in [2.05, 4.69) is 82.1 Å². The maximum atomic E-state index is 13.0. The predicted octanol–water partition coefficient (Wildman–Crippen LogP) is 8.06. The SMILES string of the molecule is COc1c(Nc2cc(Cl)nc3[nH]n(C)c(=O)c23)cccc1-c1ncn(C)n1.COc1c(Nc2cc(Nc3ccc(N4CCCCC4)cn3)nc3[nH]n(C)c(=O)c23)cccc1-c1ncn(C)n1.Nc1ccc(N2CCCCC2)cn1. The zero-order valence-electron chi connectivity index (χ0n) is 44.7. The zero-order valence-corrected chi connectivity index (χ0v) is 45.4. The van der Waals surface area contributed by atoms with Crippen LogP contribution in [0.25, 0.3) is 44.8 Å². The molecule has 2 aliphatic rings. The molecule has 2 saturated heterocycles. The van der Waals surface area contributed by atoms with Gasteiger partial charge in [-0.1, -0.05) is 23.7 Å². The number of benzene rings is 2. The number of hydrogen-bond donors (Lipinski definition) is 6. The van der Waals surface area contributed by atoms with Crippen LogP contribution in [0, 0.1) is 0 Å². The maximum absolute atomic E-state index is 13.0. The first kappa shape index (κ1) is 53.0. The number of para-hydroxylation sites is 2. The van der Waals surface area contributed by atoms with Crippen molar-refractivity contribution in [2.75, 3.05) is 71.9 Å². The summed E-state index contributed by atoms with van der Waals surface area (Å²) < 4.78 is 17.4. The van der Waals surface area contributed by atoms with Gasteiger partial charge in [0.2, 0.25) is 0 Å². The van der Waals surface area contributed by atoms with Crippen molar-refractivity contribution >= 4 is 85.2 Å². The fraction of sp³-hybridized carbons (Fsp3) is 0.296. The molecule has 0 saturated carbocycles. The van der Waals surface area contributed by atoms with Crippen molar-refractivity contribution in [1.29, 1.82) is 0 Å². The summed E-state index contributed by atoms with van der Waals surface area (Å²) in [5.74, 6) is 3.98. The van der Waals surface area contributed by atoms with Crippen LogP contribution in [0.5, 0.6) is 11.5 Å². The molecule has 0 bridgehead atoms. The van der Waals surface area contributed by atoms with Crippen LogP contribution < -0.4 is 52.1 Å². The molecule has 2 aliphatic heterocycles. The number of aromatic amines is 2. The highest BCUT2D eigenvalue weighted by molar-refractivity contribution is 6.30. The molecule has 2 aromatic carbocycles. The number of nitrogen functional groups attached to an aromatic ring is 1. The fourth-order valence-corrected chi connectivity index (χ4v) is 9.81. The van der Waals surface area contributed by atoms with Crippen molar-refractivity contribution in [3.8, 4) is 34.3 Å². The summed E-state index contributed by atoms with van der Waals surface area (Å²) >= 11 is 6.12. The Bertz CT molecular complexity index is 3850. The normalized spacial score (nSPS) is 13.4. The molecular formula is C54H61ClN20O4.